The van der Waals surface area contributed by atoms with E-state index in [9.17, 15) is 0 Å². The lowest BCUT2D eigenvalue weighted by Gasteiger charge is -2.30. The summed E-state index contributed by atoms with van der Waals surface area (Å²) in [6, 6.07) is 0. The van der Waals surface area contributed by atoms with Crippen molar-refractivity contribution in [3.63, 3.8) is 0 Å². The highest BCUT2D eigenvalue weighted by molar-refractivity contribution is 5.14. The molecule has 10 heavy (non-hydrogen) atoms. The zero-order valence-electron chi connectivity index (χ0n) is 6.80. The van der Waals surface area contributed by atoms with E-state index in [0.717, 1.165) is 5.92 Å². The standard InChI is InChI=1S/C9H15N/c1-8-7-10(2)6-5-9(8)3-4-9/h5-6,8H,3-4,7H2,1-2H3/t8-/m1/s1. The van der Waals surface area contributed by atoms with E-state index < -0.39 is 0 Å². The molecule has 0 aromatic carbocycles. The van der Waals surface area contributed by atoms with Crippen LogP contribution in [0, 0.1) is 11.3 Å². The smallest absolute Gasteiger partial charge is 0.0203 e. The molecule has 1 nitrogen and oxygen atoms in total. The molecule has 2 rings (SSSR count). The highest BCUT2D eigenvalue weighted by Gasteiger charge is 2.46. The molecule has 1 heterocycles. The molecule has 1 spiro atoms. The second kappa shape index (κ2) is 1.77. The Morgan fingerprint density at radius 1 is 1.50 bits per heavy atom. The predicted molar refractivity (Wildman–Crippen MR) is 42.6 cm³/mol. The van der Waals surface area contributed by atoms with Gasteiger partial charge in [0, 0.05) is 13.6 Å². The van der Waals surface area contributed by atoms with Crippen LogP contribution in [0.1, 0.15) is 19.8 Å². The minimum absolute atomic E-state index is 0.645. The van der Waals surface area contributed by atoms with E-state index in [1.165, 1.54) is 19.4 Å². The molecular weight excluding hydrogens is 122 g/mol. The zero-order valence-corrected chi connectivity index (χ0v) is 6.80. The first-order valence-corrected chi connectivity index (χ1v) is 4.13. The lowest BCUT2D eigenvalue weighted by Crippen LogP contribution is -2.29. The summed E-state index contributed by atoms with van der Waals surface area (Å²) in [6.07, 6.45) is 7.51. The summed E-state index contributed by atoms with van der Waals surface area (Å²) in [5, 5.41) is 0. The molecule has 1 aliphatic carbocycles. The second-order valence-electron chi connectivity index (χ2n) is 3.89. The topological polar surface area (TPSA) is 3.24 Å². The van der Waals surface area contributed by atoms with Gasteiger partial charge in [-0.2, -0.15) is 0 Å². The maximum Gasteiger partial charge on any atom is 0.0203 e. The largest absolute Gasteiger partial charge is 0.380 e. The van der Waals surface area contributed by atoms with E-state index in [4.69, 9.17) is 0 Å². The van der Waals surface area contributed by atoms with Crippen molar-refractivity contribution in [2.45, 2.75) is 19.8 Å². The molecule has 0 aromatic rings. The summed E-state index contributed by atoms with van der Waals surface area (Å²) >= 11 is 0. The van der Waals surface area contributed by atoms with Gasteiger partial charge in [0.1, 0.15) is 0 Å². The fourth-order valence-corrected chi connectivity index (χ4v) is 1.92. The highest BCUT2D eigenvalue weighted by Crippen LogP contribution is 2.54. The van der Waals surface area contributed by atoms with Crippen molar-refractivity contribution >= 4 is 0 Å². The first kappa shape index (κ1) is 6.26. The molecule has 0 aromatic heterocycles. The molecule has 2 aliphatic rings. The second-order valence-corrected chi connectivity index (χ2v) is 3.89. The first-order chi connectivity index (χ1) is 4.73. The van der Waals surface area contributed by atoms with Crippen LogP contribution < -0.4 is 0 Å². The number of hydrogen-bond acceptors (Lipinski definition) is 1. The molecule has 0 amide bonds. The molecule has 1 saturated carbocycles. The van der Waals surface area contributed by atoms with Crippen molar-refractivity contribution in [3.05, 3.63) is 12.3 Å². The van der Waals surface area contributed by atoms with Crippen LogP contribution in [0.15, 0.2) is 12.3 Å². The van der Waals surface area contributed by atoms with E-state index >= 15 is 0 Å². The van der Waals surface area contributed by atoms with Crippen molar-refractivity contribution < 1.29 is 0 Å². The van der Waals surface area contributed by atoms with E-state index in [2.05, 4.69) is 31.1 Å². The molecule has 1 fully saturated rings. The Morgan fingerprint density at radius 2 is 2.20 bits per heavy atom. The molecule has 0 bridgehead atoms. The van der Waals surface area contributed by atoms with Crippen LogP contribution in [0.25, 0.3) is 0 Å². The lowest BCUT2D eigenvalue weighted by molar-refractivity contribution is 0.273. The van der Waals surface area contributed by atoms with Crippen LogP contribution in [-0.4, -0.2) is 18.5 Å². The molecule has 1 aliphatic heterocycles. The normalized spacial score (nSPS) is 35.0. The Balaban J connectivity index is 2.17. The van der Waals surface area contributed by atoms with Gasteiger partial charge in [-0.25, -0.2) is 0 Å². The van der Waals surface area contributed by atoms with Crippen LogP contribution in [-0.2, 0) is 0 Å². The van der Waals surface area contributed by atoms with Crippen molar-refractivity contribution in [2.24, 2.45) is 11.3 Å². The van der Waals surface area contributed by atoms with Crippen LogP contribution in [0.3, 0.4) is 0 Å². The SMILES string of the molecule is C[C@@H]1CN(C)C=CC12CC2. The van der Waals surface area contributed by atoms with Gasteiger partial charge in [0.25, 0.3) is 0 Å². The third-order valence-corrected chi connectivity index (χ3v) is 3.03. The van der Waals surface area contributed by atoms with Gasteiger partial charge >= 0.3 is 0 Å². The Morgan fingerprint density at radius 3 is 2.70 bits per heavy atom. The van der Waals surface area contributed by atoms with Gasteiger partial charge in [-0.05, 0) is 30.4 Å². The molecule has 1 atom stereocenters. The van der Waals surface area contributed by atoms with E-state index in [1.807, 2.05) is 0 Å². The first-order valence-electron chi connectivity index (χ1n) is 4.13. The van der Waals surface area contributed by atoms with Gasteiger partial charge in [-0.3, -0.25) is 0 Å². The van der Waals surface area contributed by atoms with Crippen molar-refractivity contribution in [1.82, 2.24) is 4.90 Å². The van der Waals surface area contributed by atoms with Gasteiger partial charge in [-0.1, -0.05) is 13.0 Å². The van der Waals surface area contributed by atoms with Gasteiger partial charge in [0.05, 0.1) is 0 Å². The number of allylic oxidation sites excluding steroid dienone is 1. The van der Waals surface area contributed by atoms with Crippen molar-refractivity contribution in [1.29, 1.82) is 0 Å². The summed E-state index contributed by atoms with van der Waals surface area (Å²) in [4.78, 5) is 2.29. The van der Waals surface area contributed by atoms with Gasteiger partial charge < -0.3 is 4.90 Å². The Hall–Kier alpha value is -0.460. The molecule has 0 radical (unpaired) electrons. The van der Waals surface area contributed by atoms with E-state index in [-0.39, 0.29) is 0 Å². The zero-order chi connectivity index (χ0) is 7.19. The van der Waals surface area contributed by atoms with Crippen LogP contribution in [0.5, 0.6) is 0 Å². The molecular formula is C9H15N. The van der Waals surface area contributed by atoms with Crippen molar-refractivity contribution in [3.8, 4) is 0 Å². The molecule has 0 N–H and O–H groups in total. The van der Waals surface area contributed by atoms with Crippen molar-refractivity contribution in [2.75, 3.05) is 13.6 Å². The predicted octanol–water partition coefficient (Wildman–Crippen LogP) is 1.86. The monoisotopic (exact) mass is 137 g/mol. The van der Waals surface area contributed by atoms with Gasteiger partial charge in [0.15, 0.2) is 0 Å². The summed E-state index contributed by atoms with van der Waals surface area (Å²) in [7, 11) is 2.16. The van der Waals surface area contributed by atoms with E-state index in [1.54, 1.807) is 0 Å². The maximum absolute atomic E-state index is 2.40. The summed E-state index contributed by atoms with van der Waals surface area (Å²) < 4.78 is 0. The van der Waals surface area contributed by atoms with E-state index in [0.29, 0.717) is 5.41 Å². The fraction of sp³-hybridized carbons (Fsp3) is 0.778. The van der Waals surface area contributed by atoms with Gasteiger partial charge in [0.2, 0.25) is 0 Å². The summed E-state index contributed by atoms with van der Waals surface area (Å²) in [5.41, 5.74) is 0.645. The molecule has 1 heteroatoms. The third-order valence-electron chi connectivity index (χ3n) is 3.03. The average Bonchev–Trinajstić information content (AvgIpc) is 2.62. The molecule has 0 saturated heterocycles. The van der Waals surface area contributed by atoms with Crippen LogP contribution >= 0.6 is 0 Å². The Bertz CT molecular complexity index is 168. The minimum atomic E-state index is 0.645. The maximum atomic E-state index is 2.40. The fourth-order valence-electron chi connectivity index (χ4n) is 1.92. The number of nitrogens with zero attached hydrogens (tertiary/aromatic N) is 1. The Labute approximate surface area is 62.7 Å². The number of rotatable bonds is 0. The quantitative estimate of drug-likeness (QED) is 0.492. The van der Waals surface area contributed by atoms with Crippen LogP contribution in [0.4, 0.5) is 0 Å². The molecule has 0 unspecified atom stereocenters. The summed E-state index contributed by atoms with van der Waals surface area (Å²) in [5.74, 6) is 0.877. The van der Waals surface area contributed by atoms with Gasteiger partial charge in [-0.15, -0.1) is 0 Å². The highest BCUT2D eigenvalue weighted by atomic mass is 15.1. The summed E-state index contributed by atoms with van der Waals surface area (Å²) in [6.45, 7) is 3.61. The average molecular weight is 137 g/mol. The minimum Gasteiger partial charge on any atom is -0.380 e. The lowest BCUT2D eigenvalue weighted by atomic mass is 9.88. The molecule has 56 valence electrons. The van der Waals surface area contributed by atoms with Crippen LogP contribution in [0.2, 0.25) is 0 Å². The Kier molecular flexibility index (Phi) is 1.11. The number of hydrogen-bond donors (Lipinski definition) is 0. The third kappa shape index (κ3) is 0.764.